The van der Waals surface area contributed by atoms with Gasteiger partial charge in [0.25, 0.3) is 0 Å². The Morgan fingerprint density at radius 2 is 2.28 bits per heavy atom. The summed E-state index contributed by atoms with van der Waals surface area (Å²) in [5, 5.41) is 12.6. The number of hydrogen-bond acceptors (Lipinski definition) is 6. The molecule has 0 spiro atoms. The van der Waals surface area contributed by atoms with Crippen LogP contribution in [0, 0.1) is 6.92 Å². The number of aliphatic hydroxyl groups is 1. The lowest BCUT2D eigenvalue weighted by molar-refractivity contribution is 0.0586. The minimum absolute atomic E-state index is 0.0185. The second kappa shape index (κ2) is 6.90. The number of carbonyl (C=O) groups is 1. The smallest absolute Gasteiger partial charge is 0.376 e. The Bertz CT molecular complexity index is 410. The van der Waals surface area contributed by atoms with Gasteiger partial charge in [0.05, 0.1) is 13.2 Å². The molecule has 0 aliphatic rings. The standard InChI is InChI=1S/C12H19N3O3/c1-4-5-9(16)7-13-10-6-8(2)14-11(15-10)12(17)18-3/h6,9,16H,4-5,7H2,1-3H3,(H,13,14,15). The van der Waals surface area contributed by atoms with Crippen molar-refractivity contribution in [3.63, 3.8) is 0 Å². The van der Waals surface area contributed by atoms with Crippen LogP contribution in [0.15, 0.2) is 6.07 Å². The third-order valence-electron chi connectivity index (χ3n) is 2.36. The number of rotatable bonds is 6. The van der Waals surface area contributed by atoms with Crippen molar-refractivity contribution in [1.82, 2.24) is 9.97 Å². The molecule has 1 aromatic heterocycles. The molecule has 6 heteroatoms. The number of anilines is 1. The van der Waals surface area contributed by atoms with E-state index in [-0.39, 0.29) is 5.82 Å². The van der Waals surface area contributed by atoms with Gasteiger partial charge in [-0.2, -0.15) is 0 Å². The third kappa shape index (κ3) is 4.29. The van der Waals surface area contributed by atoms with Crippen LogP contribution >= 0.6 is 0 Å². The van der Waals surface area contributed by atoms with E-state index < -0.39 is 12.1 Å². The first-order valence-electron chi connectivity index (χ1n) is 5.92. The summed E-state index contributed by atoms with van der Waals surface area (Å²) in [5.74, 6) is -0.0427. The van der Waals surface area contributed by atoms with E-state index in [0.717, 1.165) is 12.8 Å². The van der Waals surface area contributed by atoms with Gasteiger partial charge in [-0.25, -0.2) is 14.8 Å². The Morgan fingerprint density at radius 1 is 1.56 bits per heavy atom. The first-order chi connectivity index (χ1) is 8.56. The van der Waals surface area contributed by atoms with Gasteiger partial charge in [0.15, 0.2) is 0 Å². The number of aliphatic hydroxyl groups excluding tert-OH is 1. The van der Waals surface area contributed by atoms with Crippen LogP contribution in [-0.4, -0.2) is 40.8 Å². The lowest BCUT2D eigenvalue weighted by atomic mass is 10.2. The first-order valence-corrected chi connectivity index (χ1v) is 5.92. The van der Waals surface area contributed by atoms with E-state index in [1.54, 1.807) is 13.0 Å². The largest absolute Gasteiger partial charge is 0.463 e. The molecule has 0 radical (unpaired) electrons. The van der Waals surface area contributed by atoms with Crippen molar-refractivity contribution >= 4 is 11.8 Å². The predicted molar refractivity (Wildman–Crippen MR) is 67.5 cm³/mol. The van der Waals surface area contributed by atoms with Crippen molar-refractivity contribution in [2.45, 2.75) is 32.8 Å². The molecule has 18 heavy (non-hydrogen) atoms. The fourth-order valence-electron chi connectivity index (χ4n) is 1.50. The van der Waals surface area contributed by atoms with Gasteiger partial charge in [0, 0.05) is 18.3 Å². The highest BCUT2D eigenvalue weighted by Crippen LogP contribution is 2.08. The number of aromatic nitrogens is 2. The topological polar surface area (TPSA) is 84.3 Å². The molecule has 100 valence electrons. The number of aryl methyl sites for hydroxylation is 1. The highest BCUT2D eigenvalue weighted by Gasteiger charge is 2.11. The molecule has 0 saturated carbocycles. The van der Waals surface area contributed by atoms with E-state index in [1.807, 2.05) is 6.92 Å². The van der Waals surface area contributed by atoms with Crippen LogP contribution in [-0.2, 0) is 4.74 Å². The highest BCUT2D eigenvalue weighted by molar-refractivity contribution is 5.85. The summed E-state index contributed by atoms with van der Waals surface area (Å²) in [7, 11) is 1.28. The first kappa shape index (κ1) is 14.4. The van der Waals surface area contributed by atoms with Crippen molar-refractivity contribution < 1.29 is 14.6 Å². The van der Waals surface area contributed by atoms with Gasteiger partial charge in [-0.1, -0.05) is 13.3 Å². The van der Waals surface area contributed by atoms with Gasteiger partial charge in [0.2, 0.25) is 5.82 Å². The molecule has 1 unspecified atom stereocenters. The fourth-order valence-corrected chi connectivity index (χ4v) is 1.50. The zero-order valence-corrected chi connectivity index (χ0v) is 10.9. The quantitative estimate of drug-likeness (QED) is 0.740. The maximum absolute atomic E-state index is 11.3. The van der Waals surface area contributed by atoms with Gasteiger partial charge >= 0.3 is 5.97 Å². The van der Waals surface area contributed by atoms with Gasteiger partial charge in [-0.05, 0) is 13.3 Å². The molecular formula is C12H19N3O3. The second-order valence-corrected chi connectivity index (χ2v) is 4.03. The second-order valence-electron chi connectivity index (χ2n) is 4.03. The molecule has 6 nitrogen and oxygen atoms in total. The lowest BCUT2D eigenvalue weighted by Gasteiger charge is -2.11. The summed E-state index contributed by atoms with van der Waals surface area (Å²) >= 11 is 0. The van der Waals surface area contributed by atoms with Gasteiger partial charge in [-0.15, -0.1) is 0 Å². The zero-order valence-electron chi connectivity index (χ0n) is 10.9. The molecule has 2 N–H and O–H groups in total. The predicted octanol–water partition coefficient (Wildman–Crippen LogP) is 1.14. The van der Waals surface area contributed by atoms with Gasteiger partial charge < -0.3 is 15.2 Å². The van der Waals surface area contributed by atoms with Crippen LogP contribution < -0.4 is 5.32 Å². The van der Waals surface area contributed by atoms with Crippen molar-refractivity contribution in [2.24, 2.45) is 0 Å². The highest BCUT2D eigenvalue weighted by atomic mass is 16.5. The van der Waals surface area contributed by atoms with Crippen molar-refractivity contribution in [3.8, 4) is 0 Å². The molecule has 1 heterocycles. The average Bonchev–Trinajstić information content (AvgIpc) is 2.35. The van der Waals surface area contributed by atoms with Crippen LogP contribution in [0.5, 0.6) is 0 Å². The van der Waals surface area contributed by atoms with Crippen LogP contribution in [0.4, 0.5) is 5.82 Å². The Hall–Kier alpha value is -1.69. The third-order valence-corrected chi connectivity index (χ3v) is 2.36. The number of ether oxygens (including phenoxy) is 1. The average molecular weight is 253 g/mol. The summed E-state index contributed by atoms with van der Waals surface area (Å²) in [6, 6.07) is 1.71. The minimum Gasteiger partial charge on any atom is -0.463 e. The number of nitrogens with zero attached hydrogens (tertiary/aromatic N) is 2. The molecule has 0 saturated heterocycles. The SMILES string of the molecule is CCCC(O)CNc1cc(C)nc(C(=O)OC)n1. The molecule has 0 bridgehead atoms. The van der Waals surface area contributed by atoms with E-state index in [1.165, 1.54) is 7.11 Å². The summed E-state index contributed by atoms with van der Waals surface area (Å²) in [6.07, 6.45) is 1.21. The Labute approximate surface area is 106 Å². The van der Waals surface area contributed by atoms with E-state index in [9.17, 15) is 9.90 Å². The number of methoxy groups -OCH3 is 1. The summed E-state index contributed by atoms with van der Waals surface area (Å²) < 4.78 is 4.57. The molecule has 1 atom stereocenters. The molecule has 0 fully saturated rings. The van der Waals surface area contributed by atoms with Crippen LogP contribution in [0.2, 0.25) is 0 Å². The lowest BCUT2D eigenvalue weighted by Crippen LogP contribution is -2.20. The summed E-state index contributed by atoms with van der Waals surface area (Å²) in [6.45, 7) is 4.17. The number of nitrogens with one attached hydrogen (secondary N) is 1. The van der Waals surface area contributed by atoms with Crippen molar-refractivity contribution in [1.29, 1.82) is 0 Å². The van der Waals surface area contributed by atoms with E-state index in [2.05, 4.69) is 20.0 Å². The molecule has 0 aromatic carbocycles. The summed E-state index contributed by atoms with van der Waals surface area (Å²) in [5.41, 5.74) is 0.665. The molecule has 0 amide bonds. The van der Waals surface area contributed by atoms with Crippen molar-refractivity contribution in [3.05, 3.63) is 17.6 Å². The number of esters is 1. The number of hydrogen-bond donors (Lipinski definition) is 2. The maximum Gasteiger partial charge on any atom is 0.376 e. The maximum atomic E-state index is 11.3. The van der Waals surface area contributed by atoms with Crippen LogP contribution in [0.1, 0.15) is 36.1 Å². The van der Waals surface area contributed by atoms with Crippen LogP contribution in [0.3, 0.4) is 0 Å². The Kier molecular flexibility index (Phi) is 5.51. The molecule has 1 aromatic rings. The fraction of sp³-hybridized carbons (Fsp3) is 0.583. The van der Waals surface area contributed by atoms with E-state index in [4.69, 9.17) is 0 Å². The van der Waals surface area contributed by atoms with Crippen LogP contribution in [0.25, 0.3) is 0 Å². The molecular weight excluding hydrogens is 234 g/mol. The Morgan fingerprint density at radius 3 is 2.89 bits per heavy atom. The Balaban J connectivity index is 2.71. The summed E-state index contributed by atoms with van der Waals surface area (Å²) in [4.78, 5) is 19.3. The molecule has 1 rings (SSSR count). The zero-order chi connectivity index (χ0) is 13.5. The van der Waals surface area contributed by atoms with Gasteiger partial charge in [-0.3, -0.25) is 0 Å². The molecule has 0 aliphatic heterocycles. The van der Waals surface area contributed by atoms with E-state index >= 15 is 0 Å². The minimum atomic E-state index is -0.573. The monoisotopic (exact) mass is 253 g/mol. The molecule has 0 aliphatic carbocycles. The number of carbonyl (C=O) groups excluding carboxylic acids is 1. The van der Waals surface area contributed by atoms with Crippen molar-refractivity contribution in [2.75, 3.05) is 19.0 Å². The van der Waals surface area contributed by atoms with Gasteiger partial charge in [0.1, 0.15) is 5.82 Å². The van der Waals surface area contributed by atoms with E-state index in [0.29, 0.717) is 18.1 Å². The normalized spacial score (nSPS) is 12.0.